The number of carbonyl (C=O) groups excluding carboxylic acids is 1. The van der Waals surface area contributed by atoms with Crippen LogP contribution in [0.4, 0.5) is 0 Å². The number of piperazine rings is 1. The van der Waals surface area contributed by atoms with Gasteiger partial charge in [0.25, 0.3) is 0 Å². The van der Waals surface area contributed by atoms with Crippen LogP contribution in [0.5, 0.6) is 0 Å². The van der Waals surface area contributed by atoms with Crippen LogP contribution in [0.25, 0.3) is 0 Å². The zero-order chi connectivity index (χ0) is 23.5. The summed E-state index contributed by atoms with van der Waals surface area (Å²) >= 11 is 0. The molecule has 2 aromatic carbocycles. The fourth-order valence-electron chi connectivity index (χ4n) is 4.42. The first-order valence-corrected chi connectivity index (χ1v) is 14.1. The van der Waals surface area contributed by atoms with Crippen LogP contribution in [0.15, 0.2) is 70.5 Å². The van der Waals surface area contributed by atoms with Gasteiger partial charge in [-0.15, -0.1) is 0 Å². The monoisotopic (exact) mass is 491 g/mol. The maximum atomic E-state index is 13.6. The van der Waals surface area contributed by atoms with Crippen molar-refractivity contribution in [3.05, 3.63) is 60.7 Å². The van der Waals surface area contributed by atoms with Crippen molar-refractivity contribution in [2.45, 2.75) is 41.5 Å². The Kier molecular flexibility index (Phi) is 7.18. The number of carbonyl (C=O) groups is 1. The normalized spacial score (nSPS) is 21.5. The molecule has 33 heavy (non-hydrogen) atoms. The summed E-state index contributed by atoms with van der Waals surface area (Å²) in [5, 5.41) is 0. The second-order valence-corrected chi connectivity index (χ2v) is 12.2. The molecular weight excluding hydrogens is 462 g/mol. The number of nitrogens with zero attached hydrogens (tertiary/aromatic N) is 3. The molecule has 4 rings (SSSR count). The van der Waals surface area contributed by atoms with Crippen molar-refractivity contribution in [1.29, 1.82) is 0 Å². The molecule has 0 N–H and O–H groups in total. The summed E-state index contributed by atoms with van der Waals surface area (Å²) in [7, 11) is -7.83. The molecular formula is C23H29N3O5S2. The van der Waals surface area contributed by atoms with Crippen molar-refractivity contribution in [3.8, 4) is 0 Å². The van der Waals surface area contributed by atoms with Gasteiger partial charge in [0.15, 0.2) is 0 Å². The Morgan fingerprint density at radius 2 is 1.18 bits per heavy atom. The molecule has 2 aliphatic rings. The average Bonchev–Trinajstić information content (AvgIpc) is 3.14. The van der Waals surface area contributed by atoms with E-state index in [0.717, 1.165) is 25.7 Å². The van der Waals surface area contributed by atoms with Crippen LogP contribution in [0, 0.1) is 0 Å². The van der Waals surface area contributed by atoms with Crippen molar-refractivity contribution in [3.63, 3.8) is 0 Å². The number of amides is 1. The molecule has 8 nitrogen and oxygen atoms in total. The lowest BCUT2D eigenvalue weighted by molar-refractivity contribution is -0.136. The second-order valence-electron chi connectivity index (χ2n) is 8.36. The molecule has 1 atom stereocenters. The largest absolute Gasteiger partial charge is 0.341 e. The highest BCUT2D eigenvalue weighted by Crippen LogP contribution is 2.27. The van der Waals surface area contributed by atoms with E-state index in [9.17, 15) is 21.6 Å². The fraction of sp³-hybridized carbons (Fsp3) is 0.435. The maximum absolute atomic E-state index is 13.6. The highest BCUT2D eigenvalue weighted by atomic mass is 32.2. The molecule has 0 radical (unpaired) electrons. The summed E-state index contributed by atoms with van der Waals surface area (Å²) in [6.45, 7) is 0.791. The lowest BCUT2D eigenvalue weighted by Gasteiger charge is -2.40. The van der Waals surface area contributed by atoms with E-state index in [0.29, 0.717) is 13.1 Å². The lowest BCUT2D eigenvalue weighted by Crippen LogP contribution is -2.61. The van der Waals surface area contributed by atoms with E-state index in [-0.39, 0.29) is 35.3 Å². The summed E-state index contributed by atoms with van der Waals surface area (Å²) in [5.41, 5.74) is 0. The van der Waals surface area contributed by atoms with Crippen molar-refractivity contribution < 1.29 is 21.6 Å². The smallest absolute Gasteiger partial charge is 0.243 e. The Morgan fingerprint density at radius 1 is 0.667 bits per heavy atom. The quantitative estimate of drug-likeness (QED) is 0.639. The van der Waals surface area contributed by atoms with Crippen molar-refractivity contribution in [1.82, 2.24) is 13.5 Å². The fourth-order valence-corrected chi connectivity index (χ4v) is 7.46. The number of benzene rings is 2. The van der Waals surface area contributed by atoms with Gasteiger partial charge >= 0.3 is 0 Å². The first-order valence-electron chi connectivity index (χ1n) is 11.2. The summed E-state index contributed by atoms with van der Waals surface area (Å²) in [6.07, 6.45) is 3.76. The molecule has 2 aliphatic heterocycles. The Labute approximate surface area is 195 Å². The van der Waals surface area contributed by atoms with E-state index in [2.05, 4.69) is 0 Å². The van der Waals surface area contributed by atoms with Crippen molar-refractivity contribution >= 4 is 26.0 Å². The predicted molar refractivity (Wildman–Crippen MR) is 124 cm³/mol. The number of sulfonamides is 2. The number of hydrogen-bond donors (Lipinski definition) is 0. The minimum atomic E-state index is -3.97. The molecule has 0 aliphatic carbocycles. The minimum absolute atomic E-state index is 0.0208. The highest BCUT2D eigenvalue weighted by Gasteiger charge is 2.44. The third-order valence-electron chi connectivity index (χ3n) is 6.23. The van der Waals surface area contributed by atoms with Crippen LogP contribution >= 0.6 is 0 Å². The van der Waals surface area contributed by atoms with Crippen LogP contribution in [0.3, 0.4) is 0 Å². The van der Waals surface area contributed by atoms with E-state index in [4.69, 9.17) is 0 Å². The van der Waals surface area contributed by atoms with Gasteiger partial charge < -0.3 is 4.90 Å². The highest BCUT2D eigenvalue weighted by molar-refractivity contribution is 7.89. The van der Waals surface area contributed by atoms with E-state index in [1.807, 2.05) is 0 Å². The van der Waals surface area contributed by atoms with E-state index >= 15 is 0 Å². The van der Waals surface area contributed by atoms with Crippen LogP contribution < -0.4 is 0 Å². The van der Waals surface area contributed by atoms with E-state index in [1.54, 1.807) is 41.3 Å². The third kappa shape index (κ3) is 4.98. The molecule has 0 aromatic heterocycles. The molecule has 1 amide bonds. The molecule has 0 saturated carbocycles. The predicted octanol–water partition coefficient (Wildman–Crippen LogP) is 2.15. The SMILES string of the molecule is O=C([C@H]1CN(S(=O)(=O)c2ccccc2)CCN1S(=O)(=O)c1ccccc1)N1CCCCCC1. The minimum Gasteiger partial charge on any atom is -0.341 e. The second kappa shape index (κ2) is 9.92. The van der Waals surface area contributed by atoms with E-state index < -0.39 is 26.1 Å². The Bertz CT molecular complexity index is 1160. The molecule has 2 fully saturated rings. The molecule has 2 heterocycles. The first-order chi connectivity index (χ1) is 15.8. The van der Waals surface area contributed by atoms with Gasteiger partial charge in [0.1, 0.15) is 6.04 Å². The zero-order valence-corrected chi connectivity index (χ0v) is 20.0. The van der Waals surface area contributed by atoms with Gasteiger partial charge in [0, 0.05) is 32.7 Å². The molecule has 178 valence electrons. The number of likely N-dealkylation sites (tertiary alicyclic amines) is 1. The van der Waals surface area contributed by atoms with Gasteiger partial charge in [-0.25, -0.2) is 16.8 Å². The first kappa shape index (κ1) is 23.9. The summed E-state index contributed by atoms with van der Waals surface area (Å²) in [6, 6.07) is 14.9. The number of hydrogen-bond acceptors (Lipinski definition) is 5. The topological polar surface area (TPSA) is 95.1 Å². The zero-order valence-electron chi connectivity index (χ0n) is 18.4. The molecule has 0 unspecified atom stereocenters. The molecule has 2 aromatic rings. The van der Waals surface area contributed by atoms with Crippen LogP contribution in [0.2, 0.25) is 0 Å². The van der Waals surface area contributed by atoms with Crippen LogP contribution in [0.1, 0.15) is 25.7 Å². The standard InChI is InChI=1S/C23H29N3O5S2/c27-23(24-15-9-1-2-10-16-24)22-19-25(32(28,29)20-11-5-3-6-12-20)17-18-26(22)33(30,31)21-13-7-4-8-14-21/h3-8,11-14,22H,1-2,9-10,15-19H2/t22-/m1/s1. The van der Waals surface area contributed by atoms with Gasteiger partial charge in [0.2, 0.25) is 26.0 Å². The van der Waals surface area contributed by atoms with Gasteiger partial charge in [0.05, 0.1) is 9.79 Å². The van der Waals surface area contributed by atoms with Gasteiger partial charge in [-0.05, 0) is 37.1 Å². The van der Waals surface area contributed by atoms with Crippen molar-refractivity contribution in [2.75, 3.05) is 32.7 Å². The van der Waals surface area contributed by atoms with Crippen LogP contribution in [-0.4, -0.2) is 75.0 Å². The Morgan fingerprint density at radius 3 is 1.73 bits per heavy atom. The molecule has 0 bridgehead atoms. The molecule has 2 saturated heterocycles. The summed E-state index contributed by atoms with van der Waals surface area (Å²) in [4.78, 5) is 15.5. The van der Waals surface area contributed by atoms with Gasteiger partial charge in [-0.2, -0.15) is 8.61 Å². The Balaban J connectivity index is 1.68. The summed E-state index contributed by atoms with van der Waals surface area (Å²) < 4.78 is 55.8. The Hall–Kier alpha value is -2.27. The summed E-state index contributed by atoms with van der Waals surface area (Å²) in [5.74, 6) is -0.329. The van der Waals surface area contributed by atoms with Gasteiger partial charge in [-0.3, -0.25) is 4.79 Å². The van der Waals surface area contributed by atoms with E-state index in [1.165, 1.54) is 32.9 Å². The van der Waals surface area contributed by atoms with Crippen LogP contribution in [-0.2, 0) is 24.8 Å². The average molecular weight is 492 g/mol. The molecule has 0 spiro atoms. The van der Waals surface area contributed by atoms with Crippen molar-refractivity contribution in [2.24, 2.45) is 0 Å². The third-order valence-corrected chi connectivity index (χ3v) is 10.0. The van der Waals surface area contributed by atoms with Gasteiger partial charge in [-0.1, -0.05) is 49.2 Å². The molecule has 10 heteroatoms. The lowest BCUT2D eigenvalue weighted by atomic mass is 10.2. The maximum Gasteiger partial charge on any atom is 0.243 e. The number of rotatable bonds is 5.